The molecule has 1 N–H and O–H groups in total. The van der Waals surface area contributed by atoms with Crippen LogP contribution < -0.4 is 0 Å². The second-order valence-corrected chi connectivity index (χ2v) is 8.47. The first-order valence-corrected chi connectivity index (χ1v) is 11.0. The number of rotatable bonds is 11. The van der Waals surface area contributed by atoms with Gasteiger partial charge in [-0.25, -0.2) is 4.98 Å². The van der Waals surface area contributed by atoms with E-state index in [1.807, 2.05) is 44.5 Å². The molecule has 30 heavy (non-hydrogen) atoms. The number of carbonyl (C=O) groups excluding carboxylic acids is 1. The summed E-state index contributed by atoms with van der Waals surface area (Å²) in [6.07, 6.45) is 8.61. The molecular weight excluding hydrogens is 384 g/mol. The number of nitrogens with zero attached hydrogens (tertiary/aromatic N) is 2. The summed E-state index contributed by atoms with van der Waals surface area (Å²) in [7, 11) is 3.33. The second kappa shape index (κ2) is 11.1. The lowest BCUT2D eigenvalue weighted by molar-refractivity contribution is -0.144. The highest BCUT2D eigenvalue weighted by Gasteiger charge is 2.39. The molecule has 0 aromatic carbocycles. The van der Waals surface area contributed by atoms with E-state index in [9.17, 15) is 9.90 Å². The molecule has 1 unspecified atom stereocenters. The number of methoxy groups -OCH3 is 1. The van der Waals surface area contributed by atoms with Crippen LogP contribution in [0.5, 0.6) is 0 Å². The van der Waals surface area contributed by atoms with Gasteiger partial charge < -0.3 is 23.9 Å². The van der Waals surface area contributed by atoms with Crippen LogP contribution in [0.1, 0.15) is 89.0 Å². The van der Waals surface area contributed by atoms with E-state index in [1.54, 1.807) is 0 Å². The average molecular weight is 423 g/mol. The van der Waals surface area contributed by atoms with E-state index in [0.717, 1.165) is 42.9 Å². The molecule has 2 rings (SSSR count). The van der Waals surface area contributed by atoms with Crippen molar-refractivity contribution >= 4 is 12.0 Å². The number of esters is 1. The summed E-state index contributed by atoms with van der Waals surface area (Å²) in [5.41, 5.74) is 1.60. The van der Waals surface area contributed by atoms with Crippen LogP contribution in [0.3, 0.4) is 0 Å². The molecule has 1 aromatic rings. The van der Waals surface area contributed by atoms with E-state index in [1.165, 1.54) is 7.11 Å². The molecule has 1 aromatic heterocycles. The maximum absolute atomic E-state index is 11.4. The Hall–Kier alpha value is -1.70. The van der Waals surface area contributed by atoms with Crippen LogP contribution in [0.4, 0.5) is 0 Å². The summed E-state index contributed by atoms with van der Waals surface area (Å²) in [4.78, 5) is 16.0. The highest BCUT2D eigenvalue weighted by molar-refractivity contribution is 5.69. The van der Waals surface area contributed by atoms with Gasteiger partial charge in [0, 0.05) is 13.5 Å². The molecule has 7 heteroatoms. The maximum atomic E-state index is 11.4. The van der Waals surface area contributed by atoms with Gasteiger partial charge in [-0.2, -0.15) is 0 Å². The largest absolute Gasteiger partial charge is 0.469 e. The van der Waals surface area contributed by atoms with E-state index in [-0.39, 0.29) is 18.2 Å². The smallest absolute Gasteiger partial charge is 0.305 e. The molecule has 7 nitrogen and oxygen atoms in total. The van der Waals surface area contributed by atoms with Crippen molar-refractivity contribution in [2.24, 2.45) is 7.05 Å². The summed E-state index contributed by atoms with van der Waals surface area (Å²) in [6, 6.07) is 0. The topological polar surface area (TPSA) is 82.8 Å². The number of hydrogen-bond acceptors (Lipinski definition) is 6. The minimum absolute atomic E-state index is 0.149. The predicted octanol–water partition coefficient (Wildman–Crippen LogP) is 4.22. The number of aliphatic hydroxyl groups excluding tert-OH is 1. The van der Waals surface area contributed by atoms with E-state index in [2.05, 4.69) is 11.9 Å². The quantitative estimate of drug-likeness (QED) is 0.425. The van der Waals surface area contributed by atoms with Gasteiger partial charge in [0.1, 0.15) is 11.9 Å². The van der Waals surface area contributed by atoms with Crippen LogP contribution in [-0.2, 0) is 26.1 Å². The summed E-state index contributed by atoms with van der Waals surface area (Å²) in [6.45, 7) is 7.87. The third-order valence-electron chi connectivity index (χ3n) is 5.55. The Morgan fingerprint density at radius 2 is 2.07 bits per heavy atom. The summed E-state index contributed by atoms with van der Waals surface area (Å²) in [5.74, 6) is -0.0447. The van der Waals surface area contributed by atoms with Crippen LogP contribution in [0.25, 0.3) is 6.08 Å². The molecule has 2 heterocycles. The minimum Gasteiger partial charge on any atom is -0.469 e. The van der Waals surface area contributed by atoms with Crippen molar-refractivity contribution in [3.63, 3.8) is 0 Å². The number of hydrogen-bond donors (Lipinski definition) is 1. The average Bonchev–Trinajstić information content (AvgIpc) is 3.14. The number of aromatic nitrogens is 2. The van der Waals surface area contributed by atoms with Gasteiger partial charge in [0.05, 0.1) is 30.7 Å². The van der Waals surface area contributed by atoms with Gasteiger partial charge >= 0.3 is 5.97 Å². The number of carbonyl (C=O) groups is 1. The number of ether oxygens (including phenoxy) is 3. The van der Waals surface area contributed by atoms with Gasteiger partial charge in [0.15, 0.2) is 5.79 Å². The van der Waals surface area contributed by atoms with Gasteiger partial charge in [-0.05, 0) is 46.1 Å². The van der Waals surface area contributed by atoms with Crippen molar-refractivity contribution in [1.29, 1.82) is 0 Å². The van der Waals surface area contributed by atoms with Crippen molar-refractivity contribution in [1.82, 2.24) is 9.55 Å². The highest BCUT2D eigenvalue weighted by atomic mass is 16.7. The fourth-order valence-corrected chi connectivity index (χ4v) is 3.88. The van der Waals surface area contributed by atoms with Gasteiger partial charge in [0.25, 0.3) is 0 Å². The molecule has 1 saturated heterocycles. The van der Waals surface area contributed by atoms with Crippen LogP contribution in [-0.4, -0.2) is 45.7 Å². The van der Waals surface area contributed by atoms with Crippen molar-refractivity contribution in [3.8, 4) is 0 Å². The molecule has 3 atom stereocenters. The van der Waals surface area contributed by atoms with Crippen LogP contribution in [0.2, 0.25) is 0 Å². The predicted molar refractivity (Wildman–Crippen MR) is 116 cm³/mol. The number of imidazole rings is 1. The lowest BCUT2D eigenvalue weighted by atomic mass is 10.0. The van der Waals surface area contributed by atoms with Crippen molar-refractivity contribution in [2.45, 2.75) is 96.7 Å². The molecule has 1 aliphatic heterocycles. The monoisotopic (exact) mass is 422 g/mol. The zero-order valence-corrected chi connectivity index (χ0v) is 19.3. The summed E-state index contributed by atoms with van der Waals surface area (Å²) >= 11 is 0. The lowest BCUT2D eigenvalue weighted by Crippen LogP contribution is -2.21. The standard InChI is InChI=1S/C23H38N2O5/c1-7-8-9-11-18(26)22-17(24-16(2)25(22)5)14-15-20-19(29-23(3,4)30-20)12-10-13-21(27)28-6/h14-15,18-20,26H,7-13H2,1-6H3/b15-14+/t18?,19-,20+/m0/s1. The molecule has 0 amide bonds. The van der Waals surface area contributed by atoms with Crippen molar-refractivity contribution in [2.75, 3.05) is 7.11 Å². The van der Waals surface area contributed by atoms with Crippen molar-refractivity contribution < 1.29 is 24.1 Å². The highest BCUT2D eigenvalue weighted by Crippen LogP contribution is 2.32. The first-order valence-electron chi connectivity index (χ1n) is 11.0. The van der Waals surface area contributed by atoms with Gasteiger partial charge in [-0.3, -0.25) is 4.79 Å². The zero-order chi connectivity index (χ0) is 22.3. The maximum Gasteiger partial charge on any atom is 0.305 e. The first kappa shape index (κ1) is 24.6. The van der Waals surface area contributed by atoms with E-state index in [4.69, 9.17) is 14.2 Å². The Bertz CT molecular complexity index is 725. The molecular formula is C23H38N2O5. The third-order valence-corrected chi connectivity index (χ3v) is 5.55. The van der Waals surface area contributed by atoms with Crippen LogP contribution >= 0.6 is 0 Å². The molecule has 0 radical (unpaired) electrons. The van der Waals surface area contributed by atoms with Gasteiger partial charge in [-0.15, -0.1) is 0 Å². The van der Waals surface area contributed by atoms with Crippen LogP contribution in [0.15, 0.2) is 6.08 Å². The number of unbranched alkanes of at least 4 members (excludes halogenated alkanes) is 2. The SMILES string of the molecule is CCCCCC(O)c1c(/C=C/[C@H]2OC(C)(C)O[C@H]2CCCC(=O)OC)nc(C)n1C. The zero-order valence-electron chi connectivity index (χ0n) is 19.3. The molecule has 0 aliphatic carbocycles. The van der Waals surface area contributed by atoms with E-state index in [0.29, 0.717) is 19.3 Å². The van der Waals surface area contributed by atoms with Gasteiger partial charge in [0.2, 0.25) is 0 Å². The number of aliphatic hydroxyl groups is 1. The van der Waals surface area contributed by atoms with Crippen molar-refractivity contribution in [3.05, 3.63) is 23.3 Å². The van der Waals surface area contributed by atoms with Crippen LogP contribution in [0, 0.1) is 6.92 Å². The first-order chi connectivity index (χ1) is 14.2. The Labute approximate surface area is 180 Å². The fourth-order valence-electron chi connectivity index (χ4n) is 3.88. The second-order valence-electron chi connectivity index (χ2n) is 8.47. The summed E-state index contributed by atoms with van der Waals surface area (Å²) in [5, 5.41) is 10.7. The number of aryl methyl sites for hydroxylation is 1. The Morgan fingerprint density at radius 3 is 2.73 bits per heavy atom. The normalized spacial score (nSPS) is 22.0. The third kappa shape index (κ3) is 6.65. The molecule has 0 spiro atoms. The Kier molecular flexibility index (Phi) is 9.07. The lowest BCUT2D eigenvalue weighted by Gasteiger charge is -2.16. The molecule has 1 fully saturated rings. The Balaban J connectivity index is 2.12. The summed E-state index contributed by atoms with van der Waals surface area (Å²) < 4.78 is 18.8. The fraction of sp³-hybridized carbons (Fsp3) is 0.739. The minimum atomic E-state index is -0.687. The molecule has 0 saturated carbocycles. The van der Waals surface area contributed by atoms with E-state index < -0.39 is 11.9 Å². The van der Waals surface area contributed by atoms with E-state index >= 15 is 0 Å². The van der Waals surface area contributed by atoms with Gasteiger partial charge in [-0.1, -0.05) is 32.3 Å². The Morgan fingerprint density at radius 1 is 1.33 bits per heavy atom. The molecule has 0 bridgehead atoms. The molecule has 1 aliphatic rings. The molecule has 170 valence electrons.